The van der Waals surface area contributed by atoms with E-state index < -0.39 is 11.9 Å². The number of carbonyl (C=O) groups is 2. The fraction of sp³-hybridized carbons (Fsp3) is 0.286. The lowest BCUT2D eigenvalue weighted by Crippen LogP contribution is -2.40. The Morgan fingerprint density at radius 2 is 1.96 bits per heavy atom. The first-order chi connectivity index (χ1) is 11.0. The molecule has 0 aliphatic rings. The number of thioether (sulfide) groups is 1. The van der Waals surface area contributed by atoms with E-state index in [-0.39, 0.29) is 11.6 Å². The van der Waals surface area contributed by atoms with Crippen molar-refractivity contribution in [2.24, 2.45) is 7.05 Å². The topological polar surface area (TPSA) is 88.9 Å². The van der Waals surface area contributed by atoms with Crippen molar-refractivity contribution in [3.8, 4) is 11.4 Å². The maximum absolute atomic E-state index is 13.0. The molecule has 0 saturated carbocycles. The lowest BCUT2D eigenvalue weighted by atomic mass is 10.2. The van der Waals surface area contributed by atoms with Crippen LogP contribution >= 0.6 is 11.8 Å². The molecule has 1 aromatic carbocycles. The van der Waals surface area contributed by atoms with Gasteiger partial charge >= 0.3 is 6.03 Å². The SMILES string of the molecule is CCNC(=O)NC(=O)CSc1nnc(-c2ccc(F)cc2)n1C. The molecule has 7 nitrogen and oxygen atoms in total. The predicted molar refractivity (Wildman–Crippen MR) is 84.3 cm³/mol. The van der Waals surface area contributed by atoms with Gasteiger partial charge in [0, 0.05) is 19.2 Å². The van der Waals surface area contributed by atoms with Gasteiger partial charge in [0.05, 0.1) is 5.75 Å². The Morgan fingerprint density at radius 1 is 1.26 bits per heavy atom. The smallest absolute Gasteiger partial charge is 0.321 e. The zero-order valence-corrected chi connectivity index (χ0v) is 13.5. The molecule has 0 aliphatic heterocycles. The highest BCUT2D eigenvalue weighted by Crippen LogP contribution is 2.22. The summed E-state index contributed by atoms with van der Waals surface area (Å²) in [4.78, 5) is 22.9. The second-order valence-corrected chi connectivity index (χ2v) is 5.51. The number of amides is 3. The summed E-state index contributed by atoms with van der Waals surface area (Å²) in [5.41, 5.74) is 0.722. The Bertz CT molecular complexity index is 702. The number of imide groups is 1. The number of halogens is 1. The number of hydrogen-bond acceptors (Lipinski definition) is 5. The van der Waals surface area contributed by atoms with Crippen molar-refractivity contribution in [1.82, 2.24) is 25.4 Å². The van der Waals surface area contributed by atoms with Crippen molar-refractivity contribution in [3.63, 3.8) is 0 Å². The zero-order chi connectivity index (χ0) is 16.8. The largest absolute Gasteiger partial charge is 0.338 e. The monoisotopic (exact) mass is 337 g/mol. The van der Waals surface area contributed by atoms with Crippen molar-refractivity contribution in [1.29, 1.82) is 0 Å². The van der Waals surface area contributed by atoms with Crippen LogP contribution in [0.2, 0.25) is 0 Å². The maximum Gasteiger partial charge on any atom is 0.321 e. The number of nitrogens with one attached hydrogen (secondary N) is 2. The molecule has 2 rings (SSSR count). The lowest BCUT2D eigenvalue weighted by molar-refractivity contribution is -0.117. The van der Waals surface area contributed by atoms with E-state index in [1.54, 1.807) is 30.7 Å². The van der Waals surface area contributed by atoms with Crippen molar-refractivity contribution >= 4 is 23.7 Å². The third-order valence-corrected chi connectivity index (χ3v) is 3.88. The standard InChI is InChI=1S/C14H16FN5O2S/c1-3-16-13(22)17-11(21)8-23-14-19-18-12(20(14)2)9-4-6-10(15)7-5-9/h4-7H,3,8H2,1-2H3,(H2,16,17,21,22). The quantitative estimate of drug-likeness (QED) is 0.808. The molecule has 0 unspecified atom stereocenters. The highest BCUT2D eigenvalue weighted by atomic mass is 32.2. The van der Waals surface area contributed by atoms with Gasteiger partial charge in [-0.25, -0.2) is 9.18 Å². The molecule has 0 aliphatic carbocycles. The fourth-order valence-corrected chi connectivity index (χ4v) is 2.50. The van der Waals surface area contributed by atoms with Crippen LogP contribution in [-0.2, 0) is 11.8 Å². The van der Waals surface area contributed by atoms with E-state index in [1.807, 2.05) is 0 Å². The maximum atomic E-state index is 13.0. The van der Waals surface area contributed by atoms with Crippen molar-refractivity contribution in [3.05, 3.63) is 30.1 Å². The zero-order valence-electron chi connectivity index (χ0n) is 12.7. The molecule has 1 aromatic heterocycles. The summed E-state index contributed by atoms with van der Waals surface area (Å²) in [5, 5.41) is 13.2. The van der Waals surface area contributed by atoms with E-state index in [4.69, 9.17) is 0 Å². The van der Waals surface area contributed by atoms with Crippen LogP contribution < -0.4 is 10.6 Å². The molecule has 2 aromatic rings. The molecule has 0 spiro atoms. The Hall–Kier alpha value is -2.42. The highest BCUT2D eigenvalue weighted by molar-refractivity contribution is 7.99. The van der Waals surface area contributed by atoms with E-state index in [0.29, 0.717) is 17.5 Å². The number of urea groups is 1. The molecule has 122 valence electrons. The van der Waals surface area contributed by atoms with Crippen LogP contribution in [0.3, 0.4) is 0 Å². The van der Waals surface area contributed by atoms with Crippen LogP contribution in [0.5, 0.6) is 0 Å². The Morgan fingerprint density at radius 3 is 2.61 bits per heavy atom. The van der Waals surface area contributed by atoms with Gasteiger partial charge in [0.2, 0.25) is 5.91 Å². The molecule has 0 atom stereocenters. The molecular weight excluding hydrogens is 321 g/mol. The molecule has 23 heavy (non-hydrogen) atoms. The van der Waals surface area contributed by atoms with Gasteiger partial charge in [0.25, 0.3) is 0 Å². The summed E-state index contributed by atoms with van der Waals surface area (Å²) >= 11 is 1.16. The van der Waals surface area contributed by atoms with Crippen LogP contribution in [0.1, 0.15) is 6.92 Å². The van der Waals surface area contributed by atoms with Gasteiger partial charge < -0.3 is 9.88 Å². The molecule has 0 saturated heterocycles. The first-order valence-corrected chi connectivity index (χ1v) is 7.85. The molecule has 1 heterocycles. The average Bonchev–Trinajstić information content (AvgIpc) is 2.87. The summed E-state index contributed by atoms with van der Waals surface area (Å²) in [5.74, 6) is -0.150. The number of rotatable bonds is 5. The molecular formula is C14H16FN5O2S. The molecule has 3 amide bonds. The van der Waals surface area contributed by atoms with Crippen LogP contribution in [0.4, 0.5) is 9.18 Å². The minimum atomic E-state index is -0.525. The fourth-order valence-electron chi connectivity index (χ4n) is 1.79. The van der Waals surface area contributed by atoms with Crippen molar-refractivity contribution in [2.75, 3.05) is 12.3 Å². The average molecular weight is 337 g/mol. The van der Waals surface area contributed by atoms with Crippen LogP contribution in [0, 0.1) is 5.82 Å². The summed E-state index contributed by atoms with van der Waals surface area (Å²) < 4.78 is 14.7. The van der Waals surface area contributed by atoms with E-state index in [2.05, 4.69) is 20.8 Å². The van der Waals surface area contributed by atoms with Gasteiger partial charge in [-0.15, -0.1) is 10.2 Å². The Kier molecular flexibility index (Phi) is 5.69. The van der Waals surface area contributed by atoms with E-state index in [0.717, 1.165) is 17.3 Å². The molecule has 0 bridgehead atoms. The summed E-state index contributed by atoms with van der Waals surface area (Å²) in [6.07, 6.45) is 0. The van der Waals surface area contributed by atoms with Gasteiger partial charge in [-0.05, 0) is 31.2 Å². The van der Waals surface area contributed by atoms with Crippen molar-refractivity contribution in [2.45, 2.75) is 12.1 Å². The van der Waals surface area contributed by atoms with Gasteiger partial charge in [-0.1, -0.05) is 11.8 Å². The van der Waals surface area contributed by atoms with E-state index >= 15 is 0 Å². The number of aromatic nitrogens is 3. The second-order valence-electron chi connectivity index (χ2n) is 4.57. The minimum Gasteiger partial charge on any atom is -0.338 e. The first-order valence-electron chi connectivity index (χ1n) is 6.87. The van der Waals surface area contributed by atoms with Gasteiger partial charge in [0.1, 0.15) is 5.82 Å². The number of carbonyl (C=O) groups excluding carboxylic acids is 2. The summed E-state index contributed by atoms with van der Waals surface area (Å²) in [7, 11) is 1.75. The third-order valence-electron chi connectivity index (χ3n) is 2.86. The Labute approximate surface area is 136 Å². The van der Waals surface area contributed by atoms with Crippen LogP contribution in [0.25, 0.3) is 11.4 Å². The van der Waals surface area contributed by atoms with Crippen LogP contribution in [-0.4, -0.2) is 39.0 Å². The number of benzene rings is 1. The van der Waals surface area contributed by atoms with Gasteiger partial charge in [0.15, 0.2) is 11.0 Å². The normalized spacial score (nSPS) is 10.4. The highest BCUT2D eigenvalue weighted by Gasteiger charge is 2.14. The Balaban J connectivity index is 1.98. The molecule has 2 N–H and O–H groups in total. The molecule has 0 fully saturated rings. The summed E-state index contributed by atoms with van der Waals surface area (Å²) in [6.45, 7) is 2.20. The molecule has 9 heteroatoms. The minimum absolute atomic E-state index is 0.0343. The van der Waals surface area contributed by atoms with Gasteiger partial charge in [-0.2, -0.15) is 0 Å². The summed E-state index contributed by atoms with van der Waals surface area (Å²) in [6, 6.07) is 5.38. The van der Waals surface area contributed by atoms with E-state index in [1.165, 1.54) is 12.1 Å². The lowest BCUT2D eigenvalue weighted by Gasteiger charge is -2.05. The molecule has 0 radical (unpaired) electrons. The second kappa shape index (κ2) is 7.73. The number of nitrogens with zero attached hydrogens (tertiary/aromatic N) is 3. The third kappa shape index (κ3) is 4.52. The van der Waals surface area contributed by atoms with E-state index in [9.17, 15) is 14.0 Å². The van der Waals surface area contributed by atoms with Crippen LogP contribution in [0.15, 0.2) is 29.4 Å². The van der Waals surface area contributed by atoms with Crippen molar-refractivity contribution < 1.29 is 14.0 Å². The first kappa shape index (κ1) is 16.9. The van der Waals surface area contributed by atoms with Gasteiger partial charge in [-0.3, -0.25) is 10.1 Å². The predicted octanol–water partition coefficient (Wildman–Crippen LogP) is 1.56. The number of hydrogen-bond donors (Lipinski definition) is 2.